The third-order valence-corrected chi connectivity index (χ3v) is 5.48. The summed E-state index contributed by atoms with van der Waals surface area (Å²) >= 11 is 9.50. The van der Waals surface area contributed by atoms with E-state index >= 15 is 0 Å². The summed E-state index contributed by atoms with van der Waals surface area (Å²) in [4.78, 5) is 12.5. The van der Waals surface area contributed by atoms with E-state index < -0.39 is 0 Å². The van der Waals surface area contributed by atoms with E-state index in [1.54, 1.807) is 41.5 Å². The fraction of sp³-hybridized carbons (Fsp3) is 0.174. The molecule has 33 heavy (non-hydrogen) atoms. The Morgan fingerprint density at radius 1 is 1.06 bits per heavy atom. The lowest BCUT2D eigenvalue weighted by Gasteiger charge is -2.09. The molecule has 0 bridgehead atoms. The molecule has 2 aromatic heterocycles. The average Bonchev–Trinajstić information content (AvgIpc) is 3.42. The molecule has 0 saturated carbocycles. The molecule has 0 unspecified atom stereocenters. The topological polar surface area (TPSA) is 83.2 Å². The molecule has 0 aliphatic heterocycles. The quantitative estimate of drug-likeness (QED) is 0.328. The fourth-order valence-electron chi connectivity index (χ4n) is 3.07. The minimum absolute atomic E-state index is 0.113. The van der Waals surface area contributed by atoms with E-state index in [9.17, 15) is 4.79 Å². The zero-order valence-corrected chi connectivity index (χ0v) is 20.3. The molecule has 0 radical (unpaired) electrons. The van der Waals surface area contributed by atoms with Crippen LogP contribution in [0.3, 0.4) is 0 Å². The third kappa shape index (κ3) is 5.94. The van der Waals surface area contributed by atoms with Gasteiger partial charge in [-0.15, -0.1) is 0 Å². The maximum atomic E-state index is 12.5. The molecule has 0 atom stereocenters. The summed E-state index contributed by atoms with van der Waals surface area (Å²) in [7, 11) is 0. The smallest absolute Gasteiger partial charge is 0.276 e. The summed E-state index contributed by atoms with van der Waals surface area (Å²) in [5.74, 6) is 0.959. The normalized spacial score (nSPS) is 10.8. The van der Waals surface area contributed by atoms with Crippen molar-refractivity contribution < 1.29 is 14.3 Å². The Morgan fingerprint density at radius 2 is 1.82 bits per heavy atom. The Balaban J connectivity index is 1.30. The molecule has 0 saturated heterocycles. The number of rotatable bonds is 8. The molecular weight excluding hydrogens is 510 g/mol. The van der Waals surface area contributed by atoms with Gasteiger partial charge in [-0.3, -0.25) is 4.79 Å². The molecule has 0 spiro atoms. The molecular formula is C23H21BrClN5O3. The predicted octanol–water partition coefficient (Wildman–Crippen LogP) is 5.44. The number of aromatic nitrogens is 4. The highest BCUT2D eigenvalue weighted by atomic mass is 79.9. The molecule has 1 amide bonds. The van der Waals surface area contributed by atoms with Gasteiger partial charge in [0.25, 0.3) is 5.91 Å². The number of anilines is 1. The summed E-state index contributed by atoms with van der Waals surface area (Å²) < 4.78 is 15.4. The molecule has 8 nitrogen and oxygen atoms in total. The van der Waals surface area contributed by atoms with Crippen molar-refractivity contribution in [2.24, 2.45) is 0 Å². The SMILES string of the molecule is Cc1ccc(OCn2cc(NC(=O)c3ccn(COc4ccc(Br)cc4Cl)n3)cn2)c(C)c1. The highest BCUT2D eigenvalue weighted by Crippen LogP contribution is 2.28. The number of halogens is 2. The highest BCUT2D eigenvalue weighted by molar-refractivity contribution is 9.10. The van der Waals surface area contributed by atoms with Crippen molar-refractivity contribution in [1.82, 2.24) is 19.6 Å². The number of nitrogens with one attached hydrogen (secondary N) is 1. The van der Waals surface area contributed by atoms with Gasteiger partial charge >= 0.3 is 0 Å². The summed E-state index contributed by atoms with van der Waals surface area (Å²) in [5, 5.41) is 11.7. The fourth-order valence-corrected chi connectivity index (χ4v) is 3.80. The van der Waals surface area contributed by atoms with E-state index in [4.69, 9.17) is 21.1 Å². The van der Waals surface area contributed by atoms with E-state index in [0.29, 0.717) is 16.5 Å². The number of carbonyl (C=O) groups excluding carboxylic acids is 1. The molecule has 170 valence electrons. The van der Waals surface area contributed by atoms with Crippen molar-refractivity contribution in [2.75, 3.05) is 5.32 Å². The lowest BCUT2D eigenvalue weighted by molar-refractivity contribution is 0.102. The Labute approximate surface area is 204 Å². The molecule has 2 heterocycles. The van der Waals surface area contributed by atoms with Gasteiger partial charge in [0.2, 0.25) is 0 Å². The number of hydrogen-bond acceptors (Lipinski definition) is 5. The van der Waals surface area contributed by atoms with Crippen LogP contribution in [0, 0.1) is 13.8 Å². The Morgan fingerprint density at radius 3 is 2.61 bits per heavy atom. The van der Waals surface area contributed by atoms with E-state index in [1.165, 1.54) is 10.2 Å². The van der Waals surface area contributed by atoms with E-state index in [0.717, 1.165) is 15.8 Å². The van der Waals surface area contributed by atoms with Crippen LogP contribution in [0.5, 0.6) is 11.5 Å². The van der Waals surface area contributed by atoms with Gasteiger partial charge in [-0.1, -0.05) is 45.2 Å². The number of aryl methyl sites for hydroxylation is 2. The number of carbonyl (C=O) groups is 1. The van der Waals surface area contributed by atoms with Gasteiger partial charge in [-0.05, 0) is 49.7 Å². The van der Waals surface area contributed by atoms with Crippen LogP contribution in [-0.4, -0.2) is 25.5 Å². The second-order valence-electron chi connectivity index (χ2n) is 7.35. The van der Waals surface area contributed by atoms with Gasteiger partial charge in [0.15, 0.2) is 19.2 Å². The van der Waals surface area contributed by atoms with Crippen LogP contribution in [0.25, 0.3) is 0 Å². The number of ether oxygens (including phenoxy) is 2. The molecule has 4 rings (SSSR count). The van der Waals surface area contributed by atoms with Gasteiger partial charge in [-0.25, -0.2) is 9.36 Å². The zero-order valence-electron chi connectivity index (χ0n) is 18.0. The summed E-state index contributed by atoms with van der Waals surface area (Å²) in [6.45, 7) is 4.37. The van der Waals surface area contributed by atoms with Gasteiger partial charge in [0.1, 0.15) is 11.5 Å². The molecule has 0 fully saturated rings. The van der Waals surface area contributed by atoms with Crippen molar-refractivity contribution >= 4 is 39.1 Å². The molecule has 4 aromatic rings. The van der Waals surface area contributed by atoms with Crippen LogP contribution in [-0.2, 0) is 13.5 Å². The molecule has 0 aliphatic carbocycles. The monoisotopic (exact) mass is 529 g/mol. The maximum Gasteiger partial charge on any atom is 0.276 e. The third-order valence-electron chi connectivity index (χ3n) is 4.69. The first kappa shape index (κ1) is 22.9. The molecule has 10 heteroatoms. The van der Waals surface area contributed by atoms with Gasteiger partial charge in [0.05, 0.1) is 23.1 Å². The number of amides is 1. The van der Waals surface area contributed by atoms with E-state index in [1.807, 2.05) is 32.0 Å². The Kier molecular flexibility index (Phi) is 7.00. The van der Waals surface area contributed by atoms with Crippen molar-refractivity contribution in [2.45, 2.75) is 27.3 Å². The minimum Gasteiger partial charge on any atom is -0.471 e. The maximum absolute atomic E-state index is 12.5. The van der Waals surface area contributed by atoms with Crippen LogP contribution in [0.1, 0.15) is 21.6 Å². The standard InChI is InChI=1S/C23H21BrClN5O3/c1-15-3-5-21(16(2)9-15)32-14-30-12-18(11-26-30)27-23(31)20-7-8-29(28-20)13-33-22-6-4-17(24)10-19(22)25/h3-12H,13-14H2,1-2H3,(H,27,31). The van der Waals surface area contributed by atoms with Crippen LogP contribution in [0.15, 0.2) is 65.5 Å². The van der Waals surface area contributed by atoms with Crippen LogP contribution in [0.4, 0.5) is 5.69 Å². The predicted molar refractivity (Wildman–Crippen MR) is 129 cm³/mol. The van der Waals surface area contributed by atoms with Gasteiger partial charge < -0.3 is 14.8 Å². The Bertz CT molecular complexity index is 1290. The van der Waals surface area contributed by atoms with Crippen LogP contribution >= 0.6 is 27.5 Å². The van der Waals surface area contributed by atoms with Crippen molar-refractivity contribution in [3.05, 3.63) is 87.4 Å². The van der Waals surface area contributed by atoms with Crippen LogP contribution < -0.4 is 14.8 Å². The number of nitrogens with zero attached hydrogens (tertiary/aromatic N) is 4. The second-order valence-corrected chi connectivity index (χ2v) is 8.68. The second kappa shape index (κ2) is 10.1. The van der Waals surface area contributed by atoms with Crippen LogP contribution in [0.2, 0.25) is 5.02 Å². The van der Waals surface area contributed by atoms with Gasteiger partial charge in [0, 0.05) is 10.7 Å². The first-order valence-corrected chi connectivity index (χ1v) is 11.2. The van der Waals surface area contributed by atoms with Crippen molar-refractivity contribution in [1.29, 1.82) is 0 Å². The summed E-state index contributed by atoms with van der Waals surface area (Å²) in [5.41, 5.74) is 3.02. The molecule has 2 aromatic carbocycles. The lowest BCUT2D eigenvalue weighted by atomic mass is 10.1. The average molecular weight is 531 g/mol. The molecule has 0 aliphatic rings. The summed E-state index contributed by atoms with van der Waals surface area (Å²) in [6, 6.07) is 12.9. The lowest BCUT2D eigenvalue weighted by Crippen LogP contribution is -2.14. The summed E-state index contributed by atoms with van der Waals surface area (Å²) in [6.07, 6.45) is 4.90. The highest BCUT2D eigenvalue weighted by Gasteiger charge is 2.12. The Hall–Kier alpha value is -3.30. The van der Waals surface area contributed by atoms with Gasteiger partial charge in [-0.2, -0.15) is 10.2 Å². The van der Waals surface area contributed by atoms with E-state index in [2.05, 4.69) is 37.5 Å². The van der Waals surface area contributed by atoms with Crippen molar-refractivity contribution in [3.63, 3.8) is 0 Å². The molecule has 1 N–H and O–H groups in total. The van der Waals surface area contributed by atoms with E-state index in [-0.39, 0.29) is 25.1 Å². The largest absolute Gasteiger partial charge is 0.471 e. The van der Waals surface area contributed by atoms with Crippen molar-refractivity contribution in [3.8, 4) is 11.5 Å². The minimum atomic E-state index is -0.356. The zero-order chi connectivity index (χ0) is 23.4. The first-order chi connectivity index (χ1) is 15.9. The number of benzene rings is 2. The number of hydrogen-bond donors (Lipinski definition) is 1. The first-order valence-electron chi connectivity index (χ1n) is 10.0.